The highest BCUT2D eigenvalue weighted by molar-refractivity contribution is 7.89. The molecule has 1 aromatic rings. The lowest BCUT2D eigenvalue weighted by molar-refractivity contribution is -0.103. The molecule has 6 nitrogen and oxygen atoms in total. The van der Waals surface area contributed by atoms with Gasteiger partial charge in [0, 0.05) is 5.02 Å². The molecular weight excluding hydrogens is 294 g/mol. The van der Waals surface area contributed by atoms with E-state index in [1.807, 2.05) is 0 Å². The molecule has 0 aliphatic carbocycles. The van der Waals surface area contributed by atoms with Crippen molar-refractivity contribution >= 4 is 27.6 Å². The number of carbonyl (C=O) groups excluding carboxylic acids is 1. The number of hydrogen-bond donors (Lipinski definition) is 1. The van der Waals surface area contributed by atoms with Crippen LogP contribution in [0, 0.1) is 6.92 Å². The van der Waals surface area contributed by atoms with Gasteiger partial charge in [-0.15, -0.1) is 0 Å². The van der Waals surface area contributed by atoms with Crippen molar-refractivity contribution in [3.8, 4) is 0 Å². The van der Waals surface area contributed by atoms with Crippen molar-refractivity contribution in [3.63, 3.8) is 0 Å². The van der Waals surface area contributed by atoms with Gasteiger partial charge in [-0.3, -0.25) is 0 Å². The molecule has 104 valence electrons. The highest BCUT2D eigenvalue weighted by Gasteiger charge is 2.25. The van der Waals surface area contributed by atoms with Gasteiger partial charge < -0.3 is 9.47 Å². The molecule has 0 bridgehead atoms. The fraction of sp³-hybridized carbons (Fsp3) is 0.364. The van der Waals surface area contributed by atoms with E-state index in [0.717, 1.165) is 0 Å². The first-order chi connectivity index (χ1) is 8.79. The zero-order chi connectivity index (χ0) is 14.2. The third-order valence-corrected chi connectivity index (χ3v) is 4.15. The summed E-state index contributed by atoms with van der Waals surface area (Å²) >= 11 is 5.90. The SMILES string of the molecule is Cc1c(Cl)cc(C(=O)OC2COC2)cc1S(N)(=O)=O. The van der Waals surface area contributed by atoms with Gasteiger partial charge in [-0.1, -0.05) is 11.6 Å². The van der Waals surface area contributed by atoms with Crippen molar-refractivity contribution in [2.75, 3.05) is 13.2 Å². The molecule has 8 heteroatoms. The predicted octanol–water partition coefficient (Wildman–Crippen LogP) is 0.851. The first-order valence-corrected chi connectivity index (χ1v) is 7.33. The molecule has 0 spiro atoms. The summed E-state index contributed by atoms with van der Waals surface area (Å²) in [5.74, 6) is -0.653. The second-order valence-electron chi connectivity index (χ2n) is 4.19. The van der Waals surface area contributed by atoms with Gasteiger partial charge in [-0.25, -0.2) is 18.4 Å². The number of benzene rings is 1. The summed E-state index contributed by atoms with van der Waals surface area (Å²) in [5, 5.41) is 5.22. The Morgan fingerprint density at radius 3 is 2.58 bits per heavy atom. The van der Waals surface area contributed by atoms with Gasteiger partial charge in [0.1, 0.15) is 6.10 Å². The topological polar surface area (TPSA) is 95.7 Å². The zero-order valence-corrected chi connectivity index (χ0v) is 11.6. The van der Waals surface area contributed by atoms with E-state index in [1.165, 1.54) is 19.1 Å². The Kier molecular flexibility index (Phi) is 3.82. The van der Waals surface area contributed by atoms with Crippen LogP contribution in [0.3, 0.4) is 0 Å². The first kappa shape index (κ1) is 14.3. The van der Waals surface area contributed by atoms with E-state index in [9.17, 15) is 13.2 Å². The van der Waals surface area contributed by atoms with Crippen LogP contribution < -0.4 is 5.14 Å². The molecule has 0 atom stereocenters. The largest absolute Gasteiger partial charge is 0.454 e. The first-order valence-electron chi connectivity index (χ1n) is 5.40. The van der Waals surface area contributed by atoms with Gasteiger partial charge in [0.2, 0.25) is 10.0 Å². The molecule has 1 aromatic carbocycles. The molecule has 0 aromatic heterocycles. The Morgan fingerprint density at radius 1 is 1.47 bits per heavy atom. The number of carbonyl (C=O) groups is 1. The Balaban J connectivity index is 2.36. The number of hydrogen-bond acceptors (Lipinski definition) is 5. The molecule has 1 aliphatic rings. The highest BCUT2D eigenvalue weighted by atomic mass is 35.5. The molecule has 19 heavy (non-hydrogen) atoms. The minimum atomic E-state index is -3.95. The van der Waals surface area contributed by atoms with E-state index in [0.29, 0.717) is 18.8 Å². The zero-order valence-electron chi connectivity index (χ0n) is 10.1. The van der Waals surface area contributed by atoms with Crippen LogP contribution in [0.15, 0.2) is 17.0 Å². The molecule has 0 radical (unpaired) electrons. The summed E-state index contributed by atoms with van der Waals surface area (Å²) in [7, 11) is -3.95. The summed E-state index contributed by atoms with van der Waals surface area (Å²) in [5.41, 5.74) is 0.346. The van der Waals surface area contributed by atoms with Crippen molar-refractivity contribution < 1.29 is 22.7 Å². The van der Waals surface area contributed by atoms with Crippen LogP contribution in [0.25, 0.3) is 0 Å². The normalized spacial score (nSPS) is 15.9. The maximum absolute atomic E-state index is 11.8. The summed E-state index contributed by atoms with van der Waals surface area (Å²) < 4.78 is 32.8. The fourth-order valence-corrected chi connectivity index (χ4v) is 2.67. The lowest BCUT2D eigenvalue weighted by Gasteiger charge is -2.25. The Labute approximate surface area is 115 Å². The van der Waals surface area contributed by atoms with Crippen LogP contribution in [0.4, 0.5) is 0 Å². The second kappa shape index (κ2) is 5.09. The monoisotopic (exact) mass is 305 g/mol. The lowest BCUT2D eigenvalue weighted by Crippen LogP contribution is -2.37. The van der Waals surface area contributed by atoms with Crippen LogP contribution in [0.2, 0.25) is 5.02 Å². The quantitative estimate of drug-likeness (QED) is 0.835. The Hall–Kier alpha value is -1.15. The van der Waals surface area contributed by atoms with E-state index < -0.39 is 16.0 Å². The number of ether oxygens (including phenoxy) is 2. The molecule has 2 rings (SSSR count). The van der Waals surface area contributed by atoms with E-state index in [4.69, 9.17) is 26.2 Å². The number of primary sulfonamides is 1. The van der Waals surface area contributed by atoms with Crippen LogP contribution in [0.5, 0.6) is 0 Å². The third kappa shape index (κ3) is 3.06. The van der Waals surface area contributed by atoms with Crippen molar-refractivity contribution in [3.05, 3.63) is 28.3 Å². The molecule has 0 saturated carbocycles. The maximum atomic E-state index is 11.8. The van der Waals surface area contributed by atoms with Crippen molar-refractivity contribution in [2.45, 2.75) is 17.9 Å². The van der Waals surface area contributed by atoms with Crippen LogP contribution >= 0.6 is 11.6 Å². The maximum Gasteiger partial charge on any atom is 0.338 e. The van der Waals surface area contributed by atoms with Crippen LogP contribution in [-0.2, 0) is 19.5 Å². The lowest BCUT2D eigenvalue weighted by atomic mass is 10.1. The molecular formula is C11H12ClNO5S. The van der Waals surface area contributed by atoms with Gasteiger partial charge in [-0.05, 0) is 24.6 Å². The molecule has 0 unspecified atom stereocenters. The van der Waals surface area contributed by atoms with Crippen LogP contribution in [0.1, 0.15) is 15.9 Å². The van der Waals surface area contributed by atoms with E-state index >= 15 is 0 Å². The third-order valence-electron chi connectivity index (χ3n) is 2.72. The summed E-state index contributed by atoms with van der Waals surface area (Å²) in [4.78, 5) is 11.6. The fourth-order valence-electron chi connectivity index (χ4n) is 1.57. The molecule has 1 heterocycles. The average Bonchev–Trinajstić information content (AvgIpc) is 2.25. The van der Waals surface area contributed by atoms with E-state index in [2.05, 4.69) is 0 Å². The smallest absolute Gasteiger partial charge is 0.338 e. The molecule has 1 saturated heterocycles. The summed E-state index contributed by atoms with van der Waals surface area (Å²) in [6.07, 6.45) is -0.300. The van der Waals surface area contributed by atoms with Crippen molar-refractivity contribution in [2.24, 2.45) is 5.14 Å². The molecule has 0 amide bonds. The van der Waals surface area contributed by atoms with Crippen molar-refractivity contribution in [1.29, 1.82) is 0 Å². The molecule has 1 aliphatic heterocycles. The summed E-state index contributed by atoms with van der Waals surface area (Å²) in [6.45, 7) is 2.19. The van der Waals surface area contributed by atoms with Crippen molar-refractivity contribution in [1.82, 2.24) is 0 Å². The van der Waals surface area contributed by atoms with Gasteiger partial charge in [0.05, 0.1) is 23.7 Å². The number of esters is 1. The minimum absolute atomic E-state index is 0.0477. The number of rotatable bonds is 3. The number of halogens is 1. The average molecular weight is 306 g/mol. The molecule has 2 N–H and O–H groups in total. The highest BCUT2D eigenvalue weighted by Crippen LogP contribution is 2.25. The Morgan fingerprint density at radius 2 is 2.11 bits per heavy atom. The standard InChI is InChI=1S/C11H12ClNO5S/c1-6-9(12)2-7(3-10(6)19(13,15)16)11(14)18-8-4-17-5-8/h2-3,8H,4-5H2,1H3,(H2,13,15,16). The van der Waals surface area contributed by atoms with Gasteiger partial charge in [-0.2, -0.15) is 0 Å². The van der Waals surface area contributed by atoms with E-state index in [-0.39, 0.29) is 21.6 Å². The molecule has 1 fully saturated rings. The number of sulfonamides is 1. The second-order valence-corrected chi connectivity index (χ2v) is 6.13. The van der Waals surface area contributed by atoms with Gasteiger partial charge in [0.15, 0.2) is 0 Å². The summed E-state index contributed by atoms with van der Waals surface area (Å²) in [6, 6.07) is 2.52. The minimum Gasteiger partial charge on any atom is -0.454 e. The van der Waals surface area contributed by atoms with Gasteiger partial charge >= 0.3 is 5.97 Å². The van der Waals surface area contributed by atoms with E-state index in [1.54, 1.807) is 0 Å². The number of nitrogens with two attached hydrogens (primary N) is 1. The van der Waals surface area contributed by atoms with Gasteiger partial charge in [0.25, 0.3) is 0 Å². The van der Waals surface area contributed by atoms with Crippen LogP contribution in [-0.4, -0.2) is 33.7 Å². The predicted molar refractivity (Wildman–Crippen MR) is 67.6 cm³/mol. The Bertz CT molecular complexity index is 624.